The summed E-state index contributed by atoms with van der Waals surface area (Å²) in [6.45, 7) is 5.25. The zero-order chi connectivity index (χ0) is 11.5. The van der Waals surface area contributed by atoms with Gasteiger partial charge < -0.3 is 9.73 Å². The van der Waals surface area contributed by atoms with Crippen LogP contribution in [0.4, 0.5) is 0 Å². The van der Waals surface area contributed by atoms with E-state index < -0.39 is 0 Å². The van der Waals surface area contributed by atoms with E-state index in [0.29, 0.717) is 6.04 Å². The van der Waals surface area contributed by atoms with Crippen molar-refractivity contribution in [3.8, 4) is 0 Å². The van der Waals surface area contributed by atoms with Crippen LogP contribution in [0.15, 0.2) is 33.2 Å². The largest absolute Gasteiger partial charge is 0.461 e. The maximum atomic E-state index is 5.74. The second kappa shape index (κ2) is 5.02. The van der Waals surface area contributed by atoms with Crippen LogP contribution in [0.3, 0.4) is 0 Å². The Kier molecular flexibility index (Phi) is 3.66. The zero-order valence-corrected chi connectivity index (χ0v) is 11.2. The predicted octanol–water partition coefficient (Wildman–Crippen LogP) is 3.74. The molecule has 0 spiro atoms. The van der Waals surface area contributed by atoms with Gasteiger partial charge in [0.25, 0.3) is 0 Å². The van der Waals surface area contributed by atoms with Crippen molar-refractivity contribution in [3.05, 3.63) is 34.5 Å². The van der Waals surface area contributed by atoms with Crippen LogP contribution in [0.1, 0.15) is 19.6 Å². The maximum Gasteiger partial charge on any atom is 0.134 e. The van der Waals surface area contributed by atoms with Crippen LogP contribution in [-0.2, 0) is 6.42 Å². The van der Waals surface area contributed by atoms with E-state index in [2.05, 4.69) is 47.2 Å². The van der Waals surface area contributed by atoms with Gasteiger partial charge in [0.2, 0.25) is 0 Å². The molecular weight excluding hydrogens is 266 g/mol. The number of nitrogens with one attached hydrogen (secondary N) is 1. The molecular formula is C13H16BrNO. The second-order valence-corrected chi connectivity index (χ2v) is 5.17. The fourth-order valence-corrected chi connectivity index (χ4v) is 2.06. The number of rotatable bonds is 4. The summed E-state index contributed by atoms with van der Waals surface area (Å²) in [7, 11) is 0. The molecule has 0 aliphatic rings. The van der Waals surface area contributed by atoms with Gasteiger partial charge in [-0.3, -0.25) is 0 Å². The fourth-order valence-electron chi connectivity index (χ4n) is 1.68. The van der Waals surface area contributed by atoms with Crippen LogP contribution in [0.25, 0.3) is 11.0 Å². The van der Waals surface area contributed by atoms with Crippen molar-refractivity contribution in [3.63, 3.8) is 0 Å². The van der Waals surface area contributed by atoms with E-state index in [0.717, 1.165) is 34.2 Å². The van der Waals surface area contributed by atoms with Gasteiger partial charge in [-0.1, -0.05) is 29.8 Å². The van der Waals surface area contributed by atoms with Crippen LogP contribution < -0.4 is 5.32 Å². The molecule has 1 N–H and O–H groups in total. The van der Waals surface area contributed by atoms with Crippen molar-refractivity contribution in [1.82, 2.24) is 5.32 Å². The average Bonchev–Trinajstić information content (AvgIpc) is 2.58. The van der Waals surface area contributed by atoms with Gasteiger partial charge in [0, 0.05) is 28.9 Å². The van der Waals surface area contributed by atoms with Gasteiger partial charge in [-0.15, -0.1) is 0 Å². The monoisotopic (exact) mass is 281 g/mol. The molecule has 0 bridgehead atoms. The van der Waals surface area contributed by atoms with Crippen molar-refractivity contribution in [2.75, 3.05) is 6.54 Å². The Balaban J connectivity index is 2.08. The third-order valence-electron chi connectivity index (χ3n) is 2.45. The maximum absolute atomic E-state index is 5.74. The SMILES string of the molecule is CC(C)NCCc1cc2cc(Br)ccc2o1. The Morgan fingerprint density at radius 1 is 1.31 bits per heavy atom. The molecule has 2 nitrogen and oxygen atoms in total. The smallest absolute Gasteiger partial charge is 0.134 e. The fraction of sp³-hybridized carbons (Fsp3) is 0.385. The Morgan fingerprint density at radius 3 is 2.88 bits per heavy atom. The summed E-state index contributed by atoms with van der Waals surface area (Å²) >= 11 is 3.46. The van der Waals surface area contributed by atoms with Gasteiger partial charge >= 0.3 is 0 Å². The number of hydrogen-bond acceptors (Lipinski definition) is 2. The molecule has 0 atom stereocenters. The number of hydrogen-bond donors (Lipinski definition) is 1. The highest BCUT2D eigenvalue weighted by atomic mass is 79.9. The van der Waals surface area contributed by atoms with E-state index >= 15 is 0 Å². The Hall–Kier alpha value is -0.800. The van der Waals surface area contributed by atoms with Crippen molar-refractivity contribution in [2.45, 2.75) is 26.3 Å². The second-order valence-electron chi connectivity index (χ2n) is 4.25. The molecule has 0 unspecified atom stereocenters. The summed E-state index contributed by atoms with van der Waals surface area (Å²) < 4.78 is 6.83. The van der Waals surface area contributed by atoms with Crippen LogP contribution in [-0.4, -0.2) is 12.6 Å². The first-order chi connectivity index (χ1) is 7.65. The van der Waals surface area contributed by atoms with Crippen molar-refractivity contribution < 1.29 is 4.42 Å². The Labute approximate surface area is 104 Å². The first-order valence-corrected chi connectivity index (χ1v) is 6.36. The standard InChI is InChI=1S/C13H16BrNO/c1-9(2)15-6-5-12-8-10-7-11(14)3-4-13(10)16-12/h3-4,7-9,15H,5-6H2,1-2H3. The molecule has 0 radical (unpaired) electrons. The van der Waals surface area contributed by atoms with E-state index in [1.54, 1.807) is 0 Å². The normalized spacial score (nSPS) is 11.5. The predicted molar refractivity (Wildman–Crippen MR) is 70.8 cm³/mol. The molecule has 0 saturated heterocycles. The molecule has 2 rings (SSSR count). The van der Waals surface area contributed by atoms with Gasteiger partial charge in [-0.2, -0.15) is 0 Å². The van der Waals surface area contributed by atoms with Crippen LogP contribution in [0.2, 0.25) is 0 Å². The number of halogens is 1. The third kappa shape index (κ3) is 2.86. The quantitative estimate of drug-likeness (QED) is 0.924. The van der Waals surface area contributed by atoms with E-state index in [1.165, 1.54) is 0 Å². The number of benzene rings is 1. The average molecular weight is 282 g/mol. The van der Waals surface area contributed by atoms with Gasteiger partial charge in [0.05, 0.1) is 0 Å². The van der Waals surface area contributed by atoms with Gasteiger partial charge in [0.15, 0.2) is 0 Å². The highest BCUT2D eigenvalue weighted by molar-refractivity contribution is 9.10. The first kappa shape index (κ1) is 11.7. The van der Waals surface area contributed by atoms with Crippen LogP contribution in [0, 0.1) is 0 Å². The molecule has 16 heavy (non-hydrogen) atoms. The summed E-state index contributed by atoms with van der Waals surface area (Å²) in [5.41, 5.74) is 0.961. The molecule has 1 heterocycles. The first-order valence-electron chi connectivity index (χ1n) is 5.56. The molecule has 2 aromatic rings. The number of fused-ring (bicyclic) bond motifs is 1. The molecule has 1 aromatic heterocycles. The molecule has 86 valence electrons. The lowest BCUT2D eigenvalue weighted by atomic mass is 10.2. The van der Waals surface area contributed by atoms with Crippen LogP contribution >= 0.6 is 15.9 Å². The van der Waals surface area contributed by atoms with Crippen LogP contribution in [0.5, 0.6) is 0 Å². The Morgan fingerprint density at radius 2 is 2.12 bits per heavy atom. The van der Waals surface area contributed by atoms with E-state index in [9.17, 15) is 0 Å². The molecule has 3 heteroatoms. The van der Waals surface area contributed by atoms with Gasteiger partial charge in [-0.25, -0.2) is 0 Å². The summed E-state index contributed by atoms with van der Waals surface area (Å²) in [6, 6.07) is 8.72. The summed E-state index contributed by atoms with van der Waals surface area (Å²) in [4.78, 5) is 0. The van der Waals surface area contributed by atoms with E-state index in [1.807, 2.05) is 12.1 Å². The van der Waals surface area contributed by atoms with Crippen molar-refractivity contribution in [2.24, 2.45) is 0 Å². The lowest BCUT2D eigenvalue weighted by Gasteiger charge is -2.05. The van der Waals surface area contributed by atoms with E-state index in [4.69, 9.17) is 4.42 Å². The molecule has 0 aliphatic carbocycles. The van der Waals surface area contributed by atoms with Crippen molar-refractivity contribution >= 4 is 26.9 Å². The molecule has 0 saturated carbocycles. The minimum Gasteiger partial charge on any atom is -0.461 e. The van der Waals surface area contributed by atoms with Gasteiger partial charge in [0.1, 0.15) is 11.3 Å². The summed E-state index contributed by atoms with van der Waals surface area (Å²) in [5, 5.41) is 4.54. The molecule has 1 aromatic carbocycles. The minimum absolute atomic E-state index is 0.526. The highest BCUT2D eigenvalue weighted by Crippen LogP contribution is 2.23. The lowest BCUT2D eigenvalue weighted by Crippen LogP contribution is -2.24. The minimum atomic E-state index is 0.526. The Bertz CT molecular complexity index is 476. The summed E-state index contributed by atoms with van der Waals surface area (Å²) in [6.07, 6.45) is 0.935. The van der Waals surface area contributed by atoms with Crippen molar-refractivity contribution in [1.29, 1.82) is 0 Å². The molecule has 0 fully saturated rings. The van der Waals surface area contributed by atoms with Gasteiger partial charge in [-0.05, 0) is 24.3 Å². The topological polar surface area (TPSA) is 25.2 Å². The third-order valence-corrected chi connectivity index (χ3v) is 2.95. The summed E-state index contributed by atoms with van der Waals surface area (Å²) in [5.74, 6) is 1.04. The molecule has 0 aliphatic heterocycles. The van der Waals surface area contributed by atoms with E-state index in [-0.39, 0.29) is 0 Å². The lowest BCUT2D eigenvalue weighted by molar-refractivity contribution is 0.516. The number of furan rings is 1. The zero-order valence-electron chi connectivity index (χ0n) is 9.59. The highest BCUT2D eigenvalue weighted by Gasteiger charge is 2.04. The molecule has 0 amide bonds.